The van der Waals surface area contributed by atoms with Crippen molar-refractivity contribution in [1.82, 2.24) is 14.9 Å². The molecule has 1 heterocycles. The molecule has 0 amide bonds. The molecule has 3 rings (SSSR count). The molecule has 0 aliphatic rings. The van der Waals surface area contributed by atoms with Crippen molar-refractivity contribution in [1.29, 1.82) is 0 Å². The van der Waals surface area contributed by atoms with Crippen molar-refractivity contribution in [3.63, 3.8) is 0 Å². The maximum atomic E-state index is 5.57. The van der Waals surface area contributed by atoms with E-state index in [9.17, 15) is 0 Å². The summed E-state index contributed by atoms with van der Waals surface area (Å²) >= 11 is 0. The minimum Gasteiger partial charge on any atom is -0.497 e. The van der Waals surface area contributed by atoms with Crippen molar-refractivity contribution in [2.45, 2.75) is 12.6 Å². The molecule has 0 bridgehead atoms. The Labute approximate surface area is 159 Å². The molecule has 142 valence electrons. The Morgan fingerprint density at radius 1 is 1.00 bits per heavy atom. The normalized spacial score (nSPS) is 11.9. The molecule has 0 spiro atoms. The molecule has 2 aromatic carbocycles. The van der Waals surface area contributed by atoms with E-state index in [1.165, 1.54) is 0 Å². The summed E-state index contributed by atoms with van der Waals surface area (Å²) in [5.74, 6) is 3.27. The van der Waals surface area contributed by atoms with Crippen LogP contribution in [0, 0.1) is 0 Å². The van der Waals surface area contributed by atoms with Gasteiger partial charge in [-0.2, -0.15) is 0 Å². The number of nitrogens with one attached hydrogen (secondary N) is 1. The minimum absolute atomic E-state index is 0.132. The van der Waals surface area contributed by atoms with Gasteiger partial charge in [-0.05, 0) is 12.1 Å². The van der Waals surface area contributed by atoms with Crippen molar-refractivity contribution in [2.75, 3.05) is 21.3 Å². The number of methoxy groups -OCH3 is 3. The van der Waals surface area contributed by atoms with Crippen LogP contribution in [0.2, 0.25) is 0 Å². The molecular weight excluding hydrogens is 342 g/mol. The van der Waals surface area contributed by atoms with Crippen LogP contribution >= 0.6 is 0 Å². The number of nitrogens with zero attached hydrogens (tertiary/aromatic N) is 2. The molecule has 1 N–H and O–H groups in total. The second-order valence-corrected chi connectivity index (χ2v) is 6.13. The molecule has 6 heteroatoms. The Hall–Kier alpha value is -2.99. The van der Waals surface area contributed by atoms with Crippen molar-refractivity contribution < 1.29 is 14.2 Å². The summed E-state index contributed by atoms with van der Waals surface area (Å²) in [7, 11) is 6.97. The summed E-state index contributed by atoms with van der Waals surface area (Å²) in [4.78, 5) is 4.54. The number of aromatic nitrogens is 2. The predicted molar refractivity (Wildman–Crippen MR) is 104 cm³/mol. The molecule has 3 aromatic rings. The second kappa shape index (κ2) is 8.60. The van der Waals surface area contributed by atoms with Crippen LogP contribution < -0.4 is 19.5 Å². The first-order chi connectivity index (χ1) is 13.2. The maximum absolute atomic E-state index is 5.57. The van der Waals surface area contributed by atoms with Crippen molar-refractivity contribution >= 4 is 0 Å². The zero-order valence-corrected chi connectivity index (χ0v) is 16.1. The van der Waals surface area contributed by atoms with Crippen LogP contribution in [-0.2, 0) is 13.6 Å². The van der Waals surface area contributed by atoms with Crippen molar-refractivity contribution in [2.24, 2.45) is 7.05 Å². The van der Waals surface area contributed by atoms with E-state index < -0.39 is 0 Å². The summed E-state index contributed by atoms with van der Waals surface area (Å²) in [6.07, 6.45) is 3.74. The van der Waals surface area contributed by atoms with Gasteiger partial charge in [0.1, 0.15) is 23.1 Å². The fraction of sp³-hybridized carbons (Fsp3) is 0.286. The van der Waals surface area contributed by atoms with E-state index in [-0.39, 0.29) is 6.04 Å². The lowest BCUT2D eigenvalue weighted by molar-refractivity contribution is 0.387. The third kappa shape index (κ3) is 4.06. The predicted octanol–water partition coefficient (Wildman–Crippen LogP) is 3.33. The van der Waals surface area contributed by atoms with Gasteiger partial charge >= 0.3 is 0 Å². The Bertz CT molecular complexity index is 892. The van der Waals surface area contributed by atoms with Gasteiger partial charge in [-0.3, -0.25) is 5.32 Å². The van der Waals surface area contributed by atoms with E-state index in [1.807, 2.05) is 54.2 Å². The lowest BCUT2D eigenvalue weighted by Gasteiger charge is -2.22. The number of para-hydroxylation sites is 1. The second-order valence-electron chi connectivity index (χ2n) is 6.13. The molecule has 1 aromatic heterocycles. The van der Waals surface area contributed by atoms with Gasteiger partial charge in [-0.25, -0.2) is 4.98 Å². The van der Waals surface area contributed by atoms with Gasteiger partial charge < -0.3 is 18.8 Å². The first-order valence-corrected chi connectivity index (χ1v) is 8.72. The zero-order chi connectivity index (χ0) is 19.2. The number of imidazole rings is 1. The Morgan fingerprint density at radius 3 is 2.44 bits per heavy atom. The fourth-order valence-corrected chi connectivity index (χ4v) is 3.11. The third-order valence-electron chi connectivity index (χ3n) is 4.56. The summed E-state index contributed by atoms with van der Waals surface area (Å²) < 4.78 is 18.4. The molecule has 0 saturated carbocycles. The van der Waals surface area contributed by atoms with Gasteiger partial charge in [0.15, 0.2) is 0 Å². The average molecular weight is 367 g/mol. The van der Waals surface area contributed by atoms with Crippen LogP contribution in [0.4, 0.5) is 0 Å². The van der Waals surface area contributed by atoms with Crippen molar-refractivity contribution in [3.8, 4) is 17.2 Å². The van der Waals surface area contributed by atoms with E-state index in [1.54, 1.807) is 27.5 Å². The highest BCUT2D eigenvalue weighted by Gasteiger charge is 2.22. The molecule has 1 unspecified atom stereocenters. The molecule has 0 radical (unpaired) electrons. The van der Waals surface area contributed by atoms with Crippen molar-refractivity contribution in [3.05, 3.63) is 71.8 Å². The minimum atomic E-state index is -0.132. The molecule has 1 atom stereocenters. The lowest BCUT2D eigenvalue weighted by Crippen LogP contribution is -2.25. The van der Waals surface area contributed by atoms with Crippen LogP contribution in [0.25, 0.3) is 0 Å². The Balaban J connectivity index is 1.93. The van der Waals surface area contributed by atoms with E-state index >= 15 is 0 Å². The van der Waals surface area contributed by atoms with E-state index in [0.717, 1.165) is 34.2 Å². The van der Waals surface area contributed by atoms with E-state index in [2.05, 4.69) is 16.4 Å². The van der Waals surface area contributed by atoms with Crippen LogP contribution in [0.15, 0.2) is 54.9 Å². The zero-order valence-electron chi connectivity index (χ0n) is 16.1. The topological polar surface area (TPSA) is 57.5 Å². The number of aryl methyl sites for hydroxylation is 1. The van der Waals surface area contributed by atoms with Gasteiger partial charge in [0.05, 0.1) is 27.4 Å². The molecule has 0 saturated heterocycles. The highest BCUT2D eigenvalue weighted by Crippen LogP contribution is 2.30. The number of hydrogen-bond acceptors (Lipinski definition) is 5. The molecule has 6 nitrogen and oxygen atoms in total. The van der Waals surface area contributed by atoms with Gasteiger partial charge in [0.25, 0.3) is 0 Å². The van der Waals surface area contributed by atoms with Gasteiger partial charge in [0.2, 0.25) is 0 Å². The van der Waals surface area contributed by atoms with E-state index in [4.69, 9.17) is 14.2 Å². The molecule has 27 heavy (non-hydrogen) atoms. The Morgan fingerprint density at radius 2 is 1.78 bits per heavy atom. The summed E-state index contributed by atoms with van der Waals surface area (Å²) in [5, 5.41) is 3.60. The number of hydrogen-bond donors (Lipinski definition) is 1. The third-order valence-corrected chi connectivity index (χ3v) is 4.56. The van der Waals surface area contributed by atoms with Gasteiger partial charge in [0, 0.05) is 43.2 Å². The highest BCUT2D eigenvalue weighted by molar-refractivity contribution is 5.42. The lowest BCUT2D eigenvalue weighted by atomic mass is 10.0. The van der Waals surface area contributed by atoms with Crippen LogP contribution in [0.1, 0.15) is 23.0 Å². The molecular formula is C21H25N3O3. The molecule has 0 fully saturated rings. The SMILES string of the molecule is COc1ccc(CNC(c2ccccc2OC)c2nccn2C)c(OC)c1. The van der Waals surface area contributed by atoms with Gasteiger partial charge in [-0.1, -0.05) is 24.3 Å². The smallest absolute Gasteiger partial charge is 0.130 e. The van der Waals surface area contributed by atoms with Crippen LogP contribution in [-0.4, -0.2) is 30.9 Å². The number of rotatable bonds is 8. The van der Waals surface area contributed by atoms with Crippen LogP contribution in [0.5, 0.6) is 17.2 Å². The monoisotopic (exact) mass is 367 g/mol. The first-order valence-electron chi connectivity index (χ1n) is 8.72. The summed E-state index contributed by atoms with van der Waals surface area (Å²) in [6, 6.07) is 13.7. The molecule has 0 aliphatic heterocycles. The van der Waals surface area contributed by atoms with Gasteiger partial charge in [-0.15, -0.1) is 0 Å². The summed E-state index contributed by atoms with van der Waals surface area (Å²) in [5.41, 5.74) is 2.06. The van der Waals surface area contributed by atoms with E-state index in [0.29, 0.717) is 6.54 Å². The maximum Gasteiger partial charge on any atom is 0.130 e. The van der Waals surface area contributed by atoms with Crippen LogP contribution in [0.3, 0.4) is 0 Å². The Kier molecular flexibility index (Phi) is 5.98. The number of benzene rings is 2. The largest absolute Gasteiger partial charge is 0.497 e. The quantitative estimate of drug-likeness (QED) is 0.662. The standard InChI is InChI=1S/C21H25N3O3/c1-24-12-11-22-21(24)20(17-7-5-6-8-18(17)26-3)23-14-15-9-10-16(25-2)13-19(15)27-4/h5-13,20,23H,14H2,1-4H3. The average Bonchev–Trinajstić information content (AvgIpc) is 3.14. The molecule has 0 aliphatic carbocycles. The number of ether oxygens (including phenoxy) is 3. The first kappa shape index (κ1) is 18.8. The summed E-state index contributed by atoms with van der Waals surface area (Å²) in [6.45, 7) is 0.600. The fourth-order valence-electron chi connectivity index (χ4n) is 3.11. The highest BCUT2D eigenvalue weighted by atomic mass is 16.5.